The molecule has 2 saturated heterocycles. The number of hydrogen-bond donors (Lipinski definition) is 0. The van der Waals surface area contributed by atoms with Crippen LogP contribution in [-0.4, -0.2) is 53.9 Å². The van der Waals surface area contributed by atoms with E-state index < -0.39 is 15.6 Å². The molecule has 0 N–H and O–H groups in total. The molecule has 1 spiro atoms. The van der Waals surface area contributed by atoms with Crippen LogP contribution in [0.5, 0.6) is 0 Å². The monoisotopic (exact) mass is 323 g/mol. The van der Waals surface area contributed by atoms with Crippen molar-refractivity contribution in [3.05, 3.63) is 24.5 Å². The summed E-state index contributed by atoms with van der Waals surface area (Å²) in [5.74, 6) is 0.514. The fourth-order valence-corrected chi connectivity index (χ4v) is 4.49. The van der Waals surface area contributed by atoms with Crippen molar-refractivity contribution in [1.29, 1.82) is 0 Å². The minimum atomic E-state index is -3.55. The molecule has 1 aromatic rings. The van der Waals surface area contributed by atoms with Gasteiger partial charge < -0.3 is 0 Å². The zero-order chi connectivity index (χ0) is 15.4. The first kappa shape index (κ1) is 14.1. The number of carbonyl (C=O) groups excluding carboxylic acids is 1. The fraction of sp³-hybridized carbons (Fsp3) is 0.571. The number of pyridine rings is 1. The predicted octanol–water partition coefficient (Wildman–Crippen LogP) is 0.399. The zero-order valence-corrected chi connectivity index (χ0v) is 12.8. The van der Waals surface area contributed by atoms with Gasteiger partial charge in [-0.15, -0.1) is 0 Å². The summed E-state index contributed by atoms with van der Waals surface area (Å²) in [7, 11) is -3.55. The lowest BCUT2D eigenvalue weighted by Crippen LogP contribution is -2.63. The van der Waals surface area contributed by atoms with Crippen LogP contribution in [-0.2, 0) is 19.7 Å². The van der Waals surface area contributed by atoms with Crippen LogP contribution < -0.4 is 0 Å². The third-order valence-electron chi connectivity index (χ3n) is 4.38. The lowest BCUT2D eigenvalue weighted by atomic mass is 9.94. The molecule has 8 heteroatoms. The summed E-state index contributed by atoms with van der Waals surface area (Å²) >= 11 is 0. The third-order valence-corrected chi connectivity index (χ3v) is 6.15. The van der Waals surface area contributed by atoms with Gasteiger partial charge in [0.1, 0.15) is 10.5 Å². The van der Waals surface area contributed by atoms with Crippen molar-refractivity contribution in [3.63, 3.8) is 0 Å². The lowest BCUT2D eigenvalue weighted by molar-refractivity contribution is -0.225. The Bertz CT molecular complexity index is 696. The van der Waals surface area contributed by atoms with Gasteiger partial charge in [0.15, 0.2) is 0 Å². The van der Waals surface area contributed by atoms with Crippen molar-refractivity contribution >= 4 is 15.9 Å². The minimum absolute atomic E-state index is 0.0367. The van der Waals surface area contributed by atoms with Gasteiger partial charge in [-0.1, -0.05) is 0 Å². The van der Waals surface area contributed by atoms with Crippen molar-refractivity contribution in [1.82, 2.24) is 14.4 Å². The first-order chi connectivity index (χ1) is 10.5. The van der Waals surface area contributed by atoms with E-state index in [1.807, 2.05) is 0 Å². The molecule has 2 aliphatic heterocycles. The second-order valence-electron chi connectivity index (χ2n) is 6.31. The molecule has 0 unspecified atom stereocenters. The number of rotatable bonds is 4. The van der Waals surface area contributed by atoms with Gasteiger partial charge in [-0.25, -0.2) is 13.5 Å². The van der Waals surface area contributed by atoms with Gasteiger partial charge in [-0.3, -0.25) is 14.6 Å². The van der Waals surface area contributed by atoms with Crippen LogP contribution in [0.4, 0.5) is 0 Å². The normalized spacial score (nSPS) is 24.7. The van der Waals surface area contributed by atoms with E-state index in [1.54, 1.807) is 6.07 Å². The van der Waals surface area contributed by atoms with E-state index in [0.717, 1.165) is 12.8 Å². The van der Waals surface area contributed by atoms with E-state index in [-0.39, 0.29) is 30.3 Å². The van der Waals surface area contributed by atoms with E-state index in [9.17, 15) is 13.2 Å². The second kappa shape index (κ2) is 4.74. The third kappa shape index (κ3) is 2.31. The molecule has 3 fully saturated rings. The average Bonchev–Trinajstić information content (AvgIpc) is 3.21. The smallest absolute Gasteiger partial charge is 0.249 e. The number of hydroxylamine groups is 2. The van der Waals surface area contributed by atoms with Gasteiger partial charge in [0.25, 0.3) is 0 Å². The molecule has 0 atom stereocenters. The maximum Gasteiger partial charge on any atom is 0.249 e. The number of sulfonamides is 1. The van der Waals surface area contributed by atoms with Gasteiger partial charge in [0, 0.05) is 25.5 Å². The Balaban J connectivity index is 1.44. The number of hydrogen-bond acceptors (Lipinski definition) is 5. The Morgan fingerprint density at radius 1 is 1.36 bits per heavy atom. The quantitative estimate of drug-likeness (QED) is 0.801. The van der Waals surface area contributed by atoms with Gasteiger partial charge in [-0.2, -0.15) is 4.31 Å². The summed E-state index contributed by atoms with van der Waals surface area (Å²) in [4.78, 5) is 21.8. The molecule has 0 radical (unpaired) electrons. The lowest BCUT2D eigenvalue weighted by Gasteiger charge is -2.44. The average molecular weight is 323 g/mol. The Hall–Kier alpha value is -1.51. The van der Waals surface area contributed by atoms with Crippen LogP contribution in [0, 0.1) is 5.92 Å². The minimum Gasteiger partial charge on any atom is -0.272 e. The van der Waals surface area contributed by atoms with Crippen LogP contribution in [0.2, 0.25) is 0 Å². The highest BCUT2D eigenvalue weighted by molar-refractivity contribution is 7.89. The highest BCUT2D eigenvalue weighted by atomic mass is 32.2. The van der Waals surface area contributed by atoms with Crippen molar-refractivity contribution in [2.45, 2.75) is 29.8 Å². The van der Waals surface area contributed by atoms with Crippen molar-refractivity contribution in [2.24, 2.45) is 5.92 Å². The topological polar surface area (TPSA) is 79.8 Å². The largest absolute Gasteiger partial charge is 0.272 e. The van der Waals surface area contributed by atoms with E-state index >= 15 is 0 Å². The molecule has 0 bridgehead atoms. The van der Waals surface area contributed by atoms with E-state index in [1.165, 1.54) is 27.8 Å². The number of amides is 1. The number of carbonyl (C=O) groups is 1. The summed E-state index contributed by atoms with van der Waals surface area (Å²) < 4.78 is 26.2. The molecule has 1 aromatic heterocycles. The fourth-order valence-electron chi connectivity index (χ4n) is 2.94. The highest BCUT2D eigenvalue weighted by Gasteiger charge is 2.57. The van der Waals surface area contributed by atoms with Crippen LogP contribution in [0.3, 0.4) is 0 Å². The molecule has 3 heterocycles. The summed E-state index contributed by atoms with van der Waals surface area (Å²) in [6.45, 7) is 1.07. The molecule has 1 aliphatic carbocycles. The summed E-state index contributed by atoms with van der Waals surface area (Å²) in [6.07, 6.45) is 5.41. The van der Waals surface area contributed by atoms with Crippen LogP contribution in [0.15, 0.2) is 29.4 Å². The van der Waals surface area contributed by atoms with E-state index in [0.29, 0.717) is 12.5 Å². The van der Waals surface area contributed by atoms with Gasteiger partial charge in [-0.05, 0) is 30.9 Å². The summed E-state index contributed by atoms with van der Waals surface area (Å²) in [6, 6.07) is 3.11. The Kier molecular flexibility index (Phi) is 3.04. The molecule has 3 aliphatic rings. The van der Waals surface area contributed by atoms with Crippen LogP contribution in [0.25, 0.3) is 0 Å². The highest BCUT2D eigenvalue weighted by Crippen LogP contribution is 2.40. The van der Waals surface area contributed by atoms with E-state index in [2.05, 4.69) is 4.98 Å². The molecule has 0 aromatic carbocycles. The summed E-state index contributed by atoms with van der Waals surface area (Å²) in [5.41, 5.74) is -0.665. The van der Waals surface area contributed by atoms with E-state index in [4.69, 9.17) is 4.84 Å². The van der Waals surface area contributed by atoms with Crippen LogP contribution >= 0.6 is 0 Å². The van der Waals surface area contributed by atoms with Gasteiger partial charge >= 0.3 is 0 Å². The molecule has 4 rings (SSSR count). The molecular weight excluding hydrogens is 306 g/mol. The first-order valence-electron chi connectivity index (χ1n) is 7.38. The standard InChI is InChI=1S/C14H17N3O4S/c18-13-6-14(21-17(13)8-11-3-4-11)9-16(10-14)22(19,20)12-2-1-5-15-7-12/h1-2,5,7,11H,3-4,6,8-10H2. The molecule has 1 saturated carbocycles. The maximum atomic E-state index is 12.4. The molecule has 22 heavy (non-hydrogen) atoms. The second-order valence-corrected chi connectivity index (χ2v) is 8.25. The van der Waals surface area contributed by atoms with Crippen molar-refractivity contribution in [3.8, 4) is 0 Å². The molecule has 1 amide bonds. The SMILES string of the molecule is O=C1CC2(CN(S(=O)(=O)c3cccnc3)C2)ON1CC1CC1. The predicted molar refractivity (Wildman–Crippen MR) is 75.9 cm³/mol. The number of nitrogens with zero attached hydrogens (tertiary/aromatic N) is 3. The summed E-state index contributed by atoms with van der Waals surface area (Å²) in [5, 5.41) is 1.44. The number of aromatic nitrogens is 1. The van der Waals surface area contributed by atoms with Crippen molar-refractivity contribution < 1.29 is 18.0 Å². The van der Waals surface area contributed by atoms with Gasteiger partial charge in [0.05, 0.1) is 13.0 Å². The first-order valence-corrected chi connectivity index (χ1v) is 8.82. The zero-order valence-electron chi connectivity index (χ0n) is 12.0. The molecule has 118 valence electrons. The Morgan fingerprint density at radius 3 is 2.77 bits per heavy atom. The van der Waals surface area contributed by atoms with Crippen LogP contribution in [0.1, 0.15) is 19.3 Å². The molecular formula is C14H17N3O4S. The van der Waals surface area contributed by atoms with Gasteiger partial charge in [0.2, 0.25) is 15.9 Å². The maximum absolute atomic E-state index is 12.4. The Labute approximate surface area is 128 Å². The van der Waals surface area contributed by atoms with Crippen molar-refractivity contribution in [2.75, 3.05) is 19.6 Å². The molecule has 7 nitrogen and oxygen atoms in total. The Morgan fingerprint density at radius 2 is 2.14 bits per heavy atom.